The third-order valence-electron chi connectivity index (χ3n) is 5.33. The summed E-state index contributed by atoms with van der Waals surface area (Å²) in [6.45, 7) is 6.04. The first-order chi connectivity index (χ1) is 15.3. The number of hydrogen-bond donors (Lipinski definition) is 1. The topological polar surface area (TPSA) is 81.5 Å². The summed E-state index contributed by atoms with van der Waals surface area (Å²) in [7, 11) is 0. The molecule has 0 aromatic heterocycles. The first kappa shape index (κ1) is 25.7. The third-order valence-corrected chi connectivity index (χ3v) is 5.65. The Bertz CT molecular complexity index is 917. The van der Waals surface area contributed by atoms with Crippen LogP contribution in [-0.4, -0.2) is 16.9 Å². The molecule has 0 spiro atoms. The van der Waals surface area contributed by atoms with Crippen LogP contribution in [0.3, 0.4) is 0 Å². The van der Waals surface area contributed by atoms with E-state index >= 15 is 0 Å². The summed E-state index contributed by atoms with van der Waals surface area (Å²) in [5, 5.41) is 13.8. The van der Waals surface area contributed by atoms with Crippen LogP contribution >= 0.6 is 11.6 Å². The average molecular weight is 461 g/mol. The molecule has 1 unspecified atom stereocenters. The van der Waals surface area contributed by atoms with Crippen molar-refractivity contribution in [1.29, 1.82) is 0 Å². The lowest BCUT2D eigenvalue weighted by atomic mass is 10.00. The van der Waals surface area contributed by atoms with Gasteiger partial charge >= 0.3 is 0 Å². The molecule has 0 aliphatic carbocycles. The van der Waals surface area contributed by atoms with Crippen LogP contribution in [-0.2, 0) is 17.6 Å². The second kappa shape index (κ2) is 13.1. The number of hydrogen-bond acceptors (Lipinski definition) is 4. The van der Waals surface area contributed by atoms with Gasteiger partial charge in [0.15, 0.2) is 6.10 Å². The van der Waals surface area contributed by atoms with E-state index in [4.69, 9.17) is 16.3 Å². The largest absolute Gasteiger partial charge is 0.481 e. The molecule has 1 N–H and O–H groups in total. The number of aryl methyl sites for hydroxylation is 2. The van der Waals surface area contributed by atoms with Crippen molar-refractivity contribution in [3.63, 3.8) is 0 Å². The summed E-state index contributed by atoms with van der Waals surface area (Å²) in [6, 6.07) is 10.4. The fourth-order valence-electron chi connectivity index (χ4n) is 3.46. The molecule has 0 fully saturated rings. The molecular weight excluding hydrogens is 428 g/mol. The monoisotopic (exact) mass is 460 g/mol. The van der Waals surface area contributed by atoms with Gasteiger partial charge in [0, 0.05) is 11.8 Å². The van der Waals surface area contributed by atoms with E-state index in [1.807, 2.05) is 6.07 Å². The Morgan fingerprint density at radius 2 is 1.75 bits per heavy atom. The van der Waals surface area contributed by atoms with Gasteiger partial charge in [-0.3, -0.25) is 14.9 Å². The van der Waals surface area contributed by atoms with E-state index in [1.54, 1.807) is 6.92 Å². The number of nitro groups is 1. The first-order valence-electron chi connectivity index (χ1n) is 11.4. The molecule has 1 atom stereocenters. The van der Waals surface area contributed by atoms with Crippen LogP contribution in [0.15, 0.2) is 36.4 Å². The Morgan fingerprint density at radius 1 is 1.06 bits per heavy atom. The molecule has 2 rings (SSSR count). The Labute approximate surface area is 195 Å². The van der Waals surface area contributed by atoms with Crippen molar-refractivity contribution in [2.75, 3.05) is 5.32 Å². The van der Waals surface area contributed by atoms with Crippen LogP contribution in [0.25, 0.3) is 0 Å². The Morgan fingerprint density at radius 3 is 2.41 bits per heavy atom. The molecule has 0 aliphatic heterocycles. The van der Waals surface area contributed by atoms with E-state index in [1.165, 1.54) is 36.6 Å². The van der Waals surface area contributed by atoms with Gasteiger partial charge in [-0.05, 0) is 61.9 Å². The van der Waals surface area contributed by atoms with E-state index in [9.17, 15) is 14.9 Å². The molecule has 2 aromatic carbocycles. The standard InChI is InChI=1S/C25H33ClN2O4/c1-4-6-8-10-19-12-15-24(20(16-19)11-9-7-5-2)32-18(3)25(29)27-21-13-14-22(26)23(17-21)28(30)31/h12-18H,4-11H2,1-3H3,(H,27,29). The molecule has 32 heavy (non-hydrogen) atoms. The summed E-state index contributed by atoms with van der Waals surface area (Å²) < 4.78 is 6.02. The van der Waals surface area contributed by atoms with E-state index in [-0.39, 0.29) is 16.6 Å². The van der Waals surface area contributed by atoms with Crippen molar-refractivity contribution in [2.45, 2.75) is 78.2 Å². The number of ether oxygens (including phenoxy) is 1. The zero-order valence-corrected chi connectivity index (χ0v) is 19.9. The predicted octanol–water partition coefficient (Wildman–Crippen LogP) is 7.12. The Balaban J connectivity index is 2.10. The SMILES string of the molecule is CCCCCc1ccc(OC(C)C(=O)Nc2ccc(Cl)c([N+](=O)[O-])c2)c(CCCCC)c1. The number of nitrogens with one attached hydrogen (secondary N) is 1. The molecule has 0 aliphatic rings. The molecule has 0 heterocycles. The Hall–Kier alpha value is -2.60. The summed E-state index contributed by atoms with van der Waals surface area (Å²) in [5.74, 6) is 0.332. The minimum absolute atomic E-state index is 0.0213. The maximum Gasteiger partial charge on any atom is 0.289 e. The van der Waals surface area contributed by atoms with Crippen LogP contribution in [0, 0.1) is 10.1 Å². The molecule has 6 nitrogen and oxygen atoms in total. The highest BCUT2D eigenvalue weighted by atomic mass is 35.5. The number of rotatable bonds is 13. The molecule has 0 bridgehead atoms. The smallest absolute Gasteiger partial charge is 0.289 e. The van der Waals surface area contributed by atoms with E-state index in [0.717, 1.165) is 44.1 Å². The number of benzene rings is 2. The number of halogens is 1. The number of amides is 1. The first-order valence-corrected chi connectivity index (χ1v) is 11.8. The van der Waals surface area contributed by atoms with Gasteiger partial charge in [-0.15, -0.1) is 0 Å². The highest BCUT2D eigenvalue weighted by Crippen LogP contribution is 2.28. The number of nitrogens with zero attached hydrogens (tertiary/aromatic N) is 1. The Kier molecular flexibility index (Phi) is 10.5. The van der Waals surface area contributed by atoms with Gasteiger partial charge in [0.2, 0.25) is 0 Å². The van der Waals surface area contributed by atoms with Crippen LogP contribution < -0.4 is 10.1 Å². The number of anilines is 1. The van der Waals surface area contributed by atoms with Gasteiger partial charge in [-0.1, -0.05) is 63.3 Å². The van der Waals surface area contributed by atoms with Crippen LogP contribution in [0.4, 0.5) is 11.4 Å². The summed E-state index contributed by atoms with van der Waals surface area (Å²) in [6.07, 6.45) is 8.10. The molecule has 0 saturated heterocycles. The van der Waals surface area contributed by atoms with Gasteiger partial charge in [0.1, 0.15) is 10.8 Å². The fourth-order valence-corrected chi connectivity index (χ4v) is 3.65. The maximum absolute atomic E-state index is 12.7. The molecular formula is C25H33ClN2O4. The van der Waals surface area contributed by atoms with Crippen molar-refractivity contribution in [3.8, 4) is 5.75 Å². The number of carbonyl (C=O) groups is 1. The maximum atomic E-state index is 12.7. The minimum Gasteiger partial charge on any atom is -0.481 e. The van der Waals surface area contributed by atoms with Gasteiger partial charge in [-0.2, -0.15) is 0 Å². The van der Waals surface area contributed by atoms with E-state index in [2.05, 4.69) is 31.3 Å². The third kappa shape index (κ3) is 7.83. The highest BCUT2D eigenvalue weighted by molar-refractivity contribution is 6.32. The number of unbranched alkanes of at least 4 members (excludes halogenated alkanes) is 4. The van der Waals surface area contributed by atoms with Gasteiger partial charge < -0.3 is 10.1 Å². The average Bonchev–Trinajstić information content (AvgIpc) is 2.76. The van der Waals surface area contributed by atoms with Crippen LogP contribution in [0.1, 0.15) is 70.4 Å². The zero-order chi connectivity index (χ0) is 23.5. The lowest BCUT2D eigenvalue weighted by Gasteiger charge is -2.18. The summed E-state index contributed by atoms with van der Waals surface area (Å²) >= 11 is 5.84. The number of carbonyl (C=O) groups excluding carboxylic acids is 1. The van der Waals surface area contributed by atoms with Gasteiger partial charge in [-0.25, -0.2) is 0 Å². The molecule has 7 heteroatoms. The zero-order valence-electron chi connectivity index (χ0n) is 19.2. The van der Waals surface area contributed by atoms with Crippen molar-refractivity contribution in [1.82, 2.24) is 0 Å². The van der Waals surface area contributed by atoms with E-state index in [0.29, 0.717) is 11.4 Å². The quantitative estimate of drug-likeness (QED) is 0.196. The molecule has 174 valence electrons. The highest BCUT2D eigenvalue weighted by Gasteiger charge is 2.19. The fraction of sp³-hybridized carbons (Fsp3) is 0.480. The second-order valence-electron chi connectivity index (χ2n) is 8.03. The molecule has 1 amide bonds. The molecule has 2 aromatic rings. The molecule has 0 saturated carbocycles. The van der Waals surface area contributed by atoms with Gasteiger partial charge in [0.25, 0.3) is 11.6 Å². The van der Waals surface area contributed by atoms with Crippen molar-refractivity contribution >= 4 is 28.9 Å². The normalized spacial score (nSPS) is 11.8. The minimum atomic E-state index is -0.763. The summed E-state index contributed by atoms with van der Waals surface area (Å²) in [4.78, 5) is 23.2. The van der Waals surface area contributed by atoms with Crippen molar-refractivity contribution in [3.05, 3.63) is 62.7 Å². The van der Waals surface area contributed by atoms with Crippen LogP contribution in [0.5, 0.6) is 5.75 Å². The number of nitro benzene ring substituents is 1. The predicted molar refractivity (Wildman–Crippen MR) is 130 cm³/mol. The van der Waals surface area contributed by atoms with Crippen molar-refractivity contribution < 1.29 is 14.5 Å². The lowest BCUT2D eigenvalue weighted by Crippen LogP contribution is -2.30. The second-order valence-corrected chi connectivity index (χ2v) is 8.44. The lowest BCUT2D eigenvalue weighted by molar-refractivity contribution is -0.384. The van der Waals surface area contributed by atoms with Gasteiger partial charge in [0.05, 0.1) is 4.92 Å². The van der Waals surface area contributed by atoms with Crippen LogP contribution in [0.2, 0.25) is 5.02 Å². The van der Waals surface area contributed by atoms with Crippen molar-refractivity contribution in [2.24, 2.45) is 0 Å². The van der Waals surface area contributed by atoms with E-state index < -0.39 is 11.0 Å². The summed E-state index contributed by atoms with van der Waals surface area (Å²) in [5.41, 5.74) is 2.46. The molecule has 0 radical (unpaired) electrons.